The molecule has 1 rings (SSSR count). The molecule has 0 radical (unpaired) electrons. The summed E-state index contributed by atoms with van der Waals surface area (Å²) in [5.41, 5.74) is 7.66. The second kappa shape index (κ2) is 10.9. The minimum Gasteiger partial charge on any atom is -0.351 e. The van der Waals surface area contributed by atoms with Gasteiger partial charge in [-0.2, -0.15) is 0 Å². The van der Waals surface area contributed by atoms with E-state index in [1.165, 1.54) is 5.56 Å². The van der Waals surface area contributed by atoms with Crippen LogP contribution in [0.3, 0.4) is 0 Å². The van der Waals surface area contributed by atoms with Gasteiger partial charge >= 0.3 is 0 Å². The van der Waals surface area contributed by atoms with Crippen LogP contribution < -0.4 is 11.1 Å². The minimum atomic E-state index is -0.123. The van der Waals surface area contributed by atoms with Crippen LogP contribution in [-0.2, 0) is 17.9 Å². The summed E-state index contributed by atoms with van der Waals surface area (Å²) in [5, 5.41) is 2.81. The number of halogens is 2. The van der Waals surface area contributed by atoms with Crippen LogP contribution in [0.1, 0.15) is 25.0 Å². The highest BCUT2D eigenvalue weighted by Gasteiger charge is 2.08. The molecule has 0 spiro atoms. The number of carbonyl (C=O) groups excluding carboxylic acids is 1. The molecule has 0 saturated heterocycles. The molecule has 0 aliphatic rings. The van der Waals surface area contributed by atoms with E-state index >= 15 is 0 Å². The molecule has 1 amide bonds. The summed E-state index contributed by atoms with van der Waals surface area (Å²) < 4.78 is 0. The van der Waals surface area contributed by atoms with E-state index < -0.39 is 0 Å². The fourth-order valence-corrected chi connectivity index (χ4v) is 1.60. The van der Waals surface area contributed by atoms with E-state index in [0.717, 1.165) is 12.1 Å². The van der Waals surface area contributed by atoms with Gasteiger partial charge in [-0.1, -0.05) is 24.3 Å². The number of nitrogens with two attached hydrogens (primary N) is 1. The Labute approximate surface area is 133 Å². The van der Waals surface area contributed by atoms with Crippen molar-refractivity contribution < 1.29 is 4.79 Å². The zero-order valence-corrected chi connectivity index (χ0v) is 13.9. The van der Waals surface area contributed by atoms with Crippen molar-refractivity contribution in [3.05, 3.63) is 35.4 Å². The Morgan fingerprint density at radius 2 is 1.80 bits per heavy atom. The molecule has 6 heteroatoms. The van der Waals surface area contributed by atoms with E-state index in [9.17, 15) is 4.79 Å². The van der Waals surface area contributed by atoms with Gasteiger partial charge in [-0.3, -0.25) is 9.69 Å². The molecular weight excluding hydrogens is 297 g/mol. The van der Waals surface area contributed by atoms with Crippen LogP contribution in [0, 0.1) is 0 Å². The molecule has 0 saturated carbocycles. The fraction of sp³-hybridized carbons (Fsp3) is 0.500. The molecule has 0 aliphatic heterocycles. The molecule has 0 atom stereocenters. The predicted octanol–water partition coefficient (Wildman–Crippen LogP) is 1.95. The van der Waals surface area contributed by atoms with E-state index in [-0.39, 0.29) is 37.3 Å². The van der Waals surface area contributed by atoms with Gasteiger partial charge in [0, 0.05) is 19.1 Å². The third-order valence-corrected chi connectivity index (χ3v) is 3.08. The topological polar surface area (TPSA) is 58.4 Å². The summed E-state index contributed by atoms with van der Waals surface area (Å²) in [6, 6.07) is 8.65. The van der Waals surface area contributed by atoms with Gasteiger partial charge in [0.1, 0.15) is 0 Å². The number of nitrogens with one attached hydrogen (secondary N) is 1. The molecule has 0 bridgehead atoms. The van der Waals surface area contributed by atoms with E-state index in [2.05, 4.69) is 37.2 Å². The standard InChI is InChI=1S/C14H23N3O.2ClH/c1-11(2)17(3)10-13-7-5-4-6-12(13)9-16-14(18)8-15;;/h4-7,11H,8-10,15H2,1-3H3,(H,16,18);2*1H. The van der Waals surface area contributed by atoms with E-state index in [4.69, 9.17) is 5.73 Å². The Kier molecular flexibility index (Phi) is 11.7. The smallest absolute Gasteiger partial charge is 0.234 e. The third-order valence-electron chi connectivity index (χ3n) is 3.08. The number of hydrogen-bond donors (Lipinski definition) is 2. The van der Waals surface area contributed by atoms with Crippen molar-refractivity contribution >= 4 is 30.7 Å². The molecule has 4 nitrogen and oxygen atoms in total. The second-order valence-corrected chi connectivity index (χ2v) is 4.76. The van der Waals surface area contributed by atoms with Crippen molar-refractivity contribution in [2.24, 2.45) is 5.73 Å². The number of benzene rings is 1. The Morgan fingerprint density at radius 1 is 1.25 bits per heavy atom. The Hall–Kier alpha value is -0.810. The van der Waals surface area contributed by atoms with Gasteiger partial charge in [-0.05, 0) is 32.0 Å². The third kappa shape index (κ3) is 7.10. The quantitative estimate of drug-likeness (QED) is 0.842. The monoisotopic (exact) mass is 321 g/mol. The highest BCUT2D eigenvalue weighted by molar-refractivity contribution is 5.85. The van der Waals surface area contributed by atoms with Crippen molar-refractivity contribution in [1.82, 2.24) is 10.2 Å². The number of nitrogens with zero attached hydrogens (tertiary/aromatic N) is 1. The lowest BCUT2D eigenvalue weighted by Crippen LogP contribution is -2.31. The minimum absolute atomic E-state index is 0. The maximum atomic E-state index is 11.2. The number of rotatable bonds is 6. The second-order valence-electron chi connectivity index (χ2n) is 4.76. The lowest BCUT2D eigenvalue weighted by molar-refractivity contribution is -0.119. The first-order valence-corrected chi connectivity index (χ1v) is 6.28. The molecule has 116 valence electrons. The van der Waals surface area contributed by atoms with E-state index in [1.54, 1.807) is 0 Å². The van der Waals surface area contributed by atoms with Crippen molar-refractivity contribution in [2.45, 2.75) is 33.0 Å². The number of hydrogen-bond acceptors (Lipinski definition) is 3. The molecule has 1 aromatic rings. The van der Waals surface area contributed by atoms with Gasteiger partial charge < -0.3 is 11.1 Å². The maximum Gasteiger partial charge on any atom is 0.234 e. The van der Waals surface area contributed by atoms with Gasteiger partial charge in [-0.25, -0.2) is 0 Å². The average molecular weight is 322 g/mol. The lowest BCUT2D eigenvalue weighted by Gasteiger charge is -2.22. The summed E-state index contributed by atoms with van der Waals surface area (Å²) in [5.74, 6) is -0.123. The molecule has 0 aromatic heterocycles. The molecule has 3 N–H and O–H groups in total. The molecule has 20 heavy (non-hydrogen) atoms. The normalized spacial score (nSPS) is 9.90. The van der Waals surface area contributed by atoms with Gasteiger partial charge in [0.05, 0.1) is 6.54 Å². The largest absolute Gasteiger partial charge is 0.351 e. The number of amides is 1. The van der Waals surface area contributed by atoms with Crippen LogP contribution in [-0.4, -0.2) is 30.4 Å². The molecule has 1 aromatic carbocycles. The summed E-state index contributed by atoms with van der Waals surface area (Å²) >= 11 is 0. The molecule has 0 aliphatic carbocycles. The summed E-state index contributed by atoms with van der Waals surface area (Å²) in [6.45, 7) is 5.79. The van der Waals surface area contributed by atoms with Gasteiger partial charge in [-0.15, -0.1) is 24.8 Å². The molecular formula is C14H25Cl2N3O. The SMILES string of the molecule is CC(C)N(C)Cc1ccccc1CNC(=O)CN.Cl.Cl. The molecule has 0 fully saturated rings. The molecule has 0 unspecified atom stereocenters. The van der Waals surface area contributed by atoms with Crippen LogP contribution in [0.2, 0.25) is 0 Å². The first kappa shape index (κ1) is 21.5. The van der Waals surface area contributed by atoms with Crippen molar-refractivity contribution in [1.29, 1.82) is 0 Å². The Balaban J connectivity index is 0. The Morgan fingerprint density at radius 3 is 2.30 bits per heavy atom. The summed E-state index contributed by atoms with van der Waals surface area (Å²) in [4.78, 5) is 13.4. The average Bonchev–Trinajstić information content (AvgIpc) is 2.37. The van der Waals surface area contributed by atoms with Gasteiger partial charge in [0.2, 0.25) is 5.91 Å². The zero-order chi connectivity index (χ0) is 13.5. The maximum absolute atomic E-state index is 11.2. The van der Waals surface area contributed by atoms with Crippen molar-refractivity contribution in [3.8, 4) is 0 Å². The van der Waals surface area contributed by atoms with Gasteiger partial charge in [0.25, 0.3) is 0 Å². The lowest BCUT2D eigenvalue weighted by atomic mass is 10.1. The van der Waals surface area contributed by atoms with Crippen LogP contribution in [0.25, 0.3) is 0 Å². The Bertz CT molecular complexity index is 400. The predicted molar refractivity (Wildman–Crippen MR) is 88.4 cm³/mol. The first-order valence-electron chi connectivity index (χ1n) is 6.28. The zero-order valence-electron chi connectivity index (χ0n) is 12.3. The van der Waals surface area contributed by atoms with Crippen molar-refractivity contribution in [3.63, 3.8) is 0 Å². The first-order chi connectivity index (χ1) is 8.54. The summed E-state index contributed by atoms with van der Waals surface area (Å²) in [6.07, 6.45) is 0. The number of carbonyl (C=O) groups is 1. The van der Waals surface area contributed by atoms with Crippen LogP contribution in [0.4, 0.5) is 0 Å². The van der Waals surface area contributed by atoms with Crippen molar-refractivity contribution in [2.75, 3.05) is 13.6 Å². The van der Waals surface area contributed by atoms with Gasteiger partial charge in [0.15, 0.2) is 0 Å². The van der Waals surface area contributed by atoms with Crippen LogP contribution in [0.15, 0.2) is 24.3 Å². The summed E-state index contributed by atoms with van der Waals surface area (Å²) in [7, 11) is 2.10. The highest BCUT2D eigenvalue weighted by atomic mass is 35.5. The van der Waals surface area contributed by atoms with E-state index in [0.29, 0.717) is 12.6 Å². The van der Waals surface area contributed by atoms with Crippen LogP contribution >= 0.6 is 24.8 Å². The van der Waals surface area contributed by atoms with E-state index in [1.807, 2.05) is 18.2 Å². The highest BCUT2D eigenvalue weighted by Crippen LogP contribution is 2.12. The fourth-order valence-electron chi connectivity index (χ4n) is 1.60. The van der Waals surface area contributed by atoms with Crippen LogP contribution in [0.5, 0.6) is 0 Å². The molecule has 0 heterocycles.